The van der Waals surface area contributed by atoms with E-state index in [9.17, 15) is 4.79 Å². The van der Waals surface area contributed by atoms with E-state index in [2.05, 4.69) is 32.2 Å². The maximum atomic E-state index is 11.6. The molecule has 0 fully saturated rings. The third kappa shape index (κ3) is 6.20. The second-order valence-electron chi connectivity index (χ2n) is 8.29. The molecule has 0 aliphatic rings. The van der Waals surface area contributed by atoms with Gasteiger partial charge in [0.15, 0.2) is 5.82 Å². The number of benzene rings is 2. The van der Waals surface area contributed by atoms with Gasteiger partial charge in [0, 0.05) is 73.4 Å². The maximum absolute atomic E-state index is 11.6. The normalized spacial score (nSPS) is 10.9. The van der Waals surface area contributed by atoms with E-state index in [1.807, 2.05) is 68.5 Å². The molecular formula is C28H29N7O3. The number of rotatable bonds is 8. The van der Waals surface area contributed by atoms with E-state index < -0.39 is 0 Å². The van der Waals surface area contributed by atoms with Gasteiger partial charge in [0.2, 0.25) is 0 Å². The molecule has 0 spiro atoms. The fraction of sp³-hybridized carbons (Fsp3) is 0.214. The average molecular weight is 512 g/mol. The summed E-state index contributed by atoms with van der Waals surface area (Å²) in [6.07, 6.45) is 5.14. The molecule has 2 heterocycles. The first-order chi connectivity index (χ1) is 18.4. The number of aromatic nitrogens is 4. The molecule has 38 heavy (non-hydrogen) atoms. The van der Waals surface area contributed by atoms with Crippen molar-refractivity contribution < 1.29 is 9.47 Å². The minimum atomic E-state index is -0.257. The largest absolute Gasteiger partial charge is 0.497 e. The molecule has 0 radical (unpaired) electrons. The lowest BCUT2D eigenvalue weighted by Gasteiger charge is -2.24. The van der Waals surface area contributed by atoms with E-state index in [0.717, 1.165) is 34.0 Å². The number of anilines is 3. The van der Waals surface area contributed by atoms with Crippen LogP contribution in [-0.4, -0.2) is 53.3 Å². The Labute approximate surface area is 221 Å². The predicted molar refractivity (Wildman–Crippen MR) is 149 cm³/mol. The number of hydrogen-bond acceptors (Lipinski definition) is 8. The zero-order chi connectivity index (χ0) is 27.1. The van der Waals surface area contributed by atoms with Crippen LogP contribution in [0.4, 0.5) is 22.7 Å². The SMILES string of the molecule is CNc1ccc(N(CC#Cc2nccc(=O)[nH]2)c2cc(OC)cc(OC)c2)cc1N=C(C)c1cnn(C)c1. The fourth-order valence-corrected chi connectivity index (χ4v) is 3.76. The number of methoxy groups -OCH3 is 2. The highest BCUT2D eigenvalue weighted by atomic mass is 16.5. The maximum Gasteiger partial charge on any atom is 0.251 e. The standard InChI is InChI=1S/C28H29N7O3/c1-19(20-17-31-34(3)18-20)32-26-15-21(8-9-25(26)29-2)35(12-6-7-27-30-11-10-28(36)33-27)22-13-23(37-4)16-24(14-22)38-5/h8-11,13-18,29H,12H2,1-5H3,(H,30,33,36). The first-order valence-electron chi connectivity index (χ1n) is 11.8. The third-order valence-electron chi connectivity index (χ3n) is 5.74. The van der Waals surface area contributed by atoms with Gasteiger partial charge in [0.05, 0.1) is 38.3 Å². The van der Waals surface area contributed by atoms with Gasteiger partial charge in [-0.05, 0) is 31.0 Å². The van der Waals surface area contributed by atoms with Gasteiger partial charge >= 0.3 is 0 Å². The van der Waals surface area contributed by atoms with Crippen molar-refractivity contribution in [3.63, 3.8) is 0 Å². The van der Waals surface area contributed by atoms with Crippen molar-refractivity contribution in [2.75, 3.05) is 38.0 Å². The van der Waals surface area contributed by atoms with Crippen LogP contribution in [-0.2, 0) is 7.05 Å². The van der Waals surface area contributed by atoms with E-state index in [-0.39, 0.29) is 5.56 Å². The second-order valence-corrected chi connectivity index (χ2v) is 8.29. The summed E-state index contributed by atoms with van der Waals surface area (Å²) in [5, 5.41) is 7.46. The van der Waals surface area contributed by atoms with Crippen molar-refractivity contribution in [1.29, 1.82) is 0 Å². The van der Waals surface area contributed by atoms with E-state index in [0.29, 0.717) is 23.9 Å². The van der Waals surface area contributed by atoms with E-state index in [1.165, 1.54) is 12.3 Å². The van der Waals surface area contributed by atoms with Crippen LogP contribution >= 0.6 is 0 Å². The van der Waals surface area contributed by atoms with Gasteiger partial charge in [-0.3, -0.25) is 19.5 Å². The van der Waals surface area contributed by atoms with Gasteiger partial charge in [-0.2, -0.15) is 5.10 Å². The summed E-state index contributed by atoms with van der Waals surface area (Å²) in [4.78, 5) is 25.3. The molecule has 0 bridgehead atoms. The molecule has 0 saturated carbocycles. The predicted octanol–water partition coefficient (Wildman–Crippen LogP) is 3.89. The fourth-order valence-electron chi connectivity index (χ4n) is 3.76. The Morgan fingerprint density at radius 1 is 1.13 bits per heavy atom. The zero-order valence-electron chi connectivity index (χ0n) is 21.9. The van der Waals surface area contributed by atoms with Gasteiger partial charge in [0.1, 0.15) is 11.5 Å². The Bertz CT molecular complexity index is 1550. The summed E-state index contributed by atoms with van der Waals surface area (Å²) in [6.45, 7) is 2.24. The Hall–Kier alpha value is -5.04. The summed E-state index contributed by atoms with van der Waals surface area (Å²) in [5.74, 6) is 7.63. The third-order valence-corrected chi connectivity index (χ3v) is 5.74. The molecule has 0 amide bonds. The Kier molecular flexibility index (Phi) is 8.08. The molecule has 2 aromatic carbocycles. The molecule has 10 heteroatoms. The number of hydrogen-bond donors (Lipinski definition) is 2. The molecule has 0 unspecified atom stereocenters. The average Bonchev–Trinajstić information content (AvgIpc) is 3.37. The molecule has 0 aliphatic heterocycles. The Balaban J connectivity index is 1.79. The molecular weight excluding hydrogens is 482 g/mol. The van der Waals surface area contributed by atoms with Crippen molar-refractivity contribution in [2.24, 2.45) is 12.0 Å². The van der Waals surface area contributed by atoms with E-state index in [1.54, 1.807) is 25.1 Å². The smallest absolute Gasteiger partial charge is 0.251 e. The summed E-state index contributed by atoms with van der Waals surface area (Å²) < 4.78 is 12.7. The van der Waals surface area contributed by atoms with Crippen LogP contribution in [0.15, 0.2) is 70.8 Å². The van der Waals surface area contributed by atoms with Crippen molar-refractivity contribution in [3.05, 3.63) is 82.8 Å². The van der Waals surface area contributed by atoms with E-state index in [4.69, 9.17) is 14.5 Å². The van der Waals surface area contributed by atoms with Crippen LogP contribution < -0.4 is 25.2 Å². The molecule has 4 aromatic rings. The Morgan fingerprint density at radius 3 is 2.53 bits per heavy atom. The van der Waals surface area contributed by atoms with Crippen molar-refractivity contribution in [2.45, 2.75) is 6.92 Å². The second kappa shape index (κ2) is 11.8. The molecule has 0 atom stereocenters. The van der Waals surface area contributed by atoms with Crippen LogP contribution in [0.25, 0.3) is 0 Å². The molecule has 2 aromatic heterocycles. The number of aryl methyl sites for hydroxylation is 1. The highest BCUT2D eigenvalue weighted by Crippen LogP contribution is 2.36. The first-order valence-corrected chi connectivity index (χ1v) is 11.8. The monoisotopic (exact) mass is 511 g/mol. The minimum absolute atomic E-state index is 0.257. The topological polar surface area (TPSA) is 110 Å². The summed E-state index contributed by atoms with van der Waals surface area (Å²) in [5.41, 5.74) is 4.80. The number of aromatic amines is 1. The number of ether oxygens (including phenoxy) is 2. The Morgan fingerprint density at radius 2 is 1.89 bits per heavy atom. The van der Waals surface area contributed by atoms with Crippen molar-refractivity contribution in [1.82, 2.24) is 19.7 Å². The van der Waals surface area contributed by atoms with Crippen LogP contribution in [0.3, 0.4) is 0 Å². The highest BCUT2D eigenvalue weighted by Gasteiger charge is 2.14. The molecule has 2 N–H and O–H groups in total. The molecule has 0 aliphatic carbocycles. The lowest BCUT2D eigenvalue weighted by atomic mass is 10.1. The highest BCUT2D eigenvalue weighted by molar-refractivity contribution is 6.00. The minimum Gasteiger partial charge on any atom is -0.497 e. The molecule has 10 nitrogen and oxygen atoms in total. The first kappa shape index (κ1) is 26.0. The van der Waals surface area contributed by atoms with Gasteiger partial charge in [-0.1, -0.05) is 5.92 Å². The van der Waals surface area contributed by atoms with Crippen molar-refractivity contribution in [3.8, 4) is 23.3 Å². The lowest BCUT2D eigenvalue weighted by Crippen LogP contribution is -2.18. The van der Waals surface area contributed by atoms with Crippen molar-refractivity contribution >= 4 is 28.5 Å². The number of aliphatic imine (C=N–C) groups is 1. The van der Waals surface area contributed by atoms with Crippen LogP contribution in [0.2, 0.25) is 0 Å². The van der Waals surface area contributed by atoms with Gasteiger partial charge in [0.25, 0.3) is 5.56 Å². The van der Waals surface area contributed by atoms with Crippen LogP contribution in [0.1, 0.15) is 18.3 Å². The molecule has 0 saturated heterocycles. The summed E-state index contributed by atoms with van der Waals surface area (Å²) in [7, 11) is 6.95. The molecule has 194 valence electrons. The number of H-pyrrole nitrogens is 1. The quantitative estimate of drug-likeness (QED) is 0.273. The number of nitrogens with one attached hydrogen (secondary N) is 2. The van der Waals surface area contributed by atoms with Crippen LogP contribution in [0.5, 0.6) is 11.5 Å². The summed E-state index contributed by atoms with van der Waals surface area (Å²) >= 11 is 0. The van der Waals surface area contributed by atoms with Gasteiger partial charge in [-0.15, -0.1) is 0 Å². The van der Waals surface area contributed by atoms with Gasteiger partial charge < -0.3 is 19.7 Å². The van der Waals surface area contributed by atoms with Gasteiger partial charge in [-0.25, -0.2) is 4.98 Å². The molecule has 4 rings (SSSR count). The number of nitrogens with zero attached hydrogens (tertiary/aromatic N) is 5. The summed E-state index contributed by atoms with van der Waals surface area (Å²) in [6, 6.07) is 12.9. The zero-order valence-corrected chi connectivity index (χ0v) is 21.9. The lowest BCUT2D eigenvalue weighted by molar-refractivity contribution is 0.394. The van der Waals surface area contributed by atoms with E-state index >= 15 is 0 Å². The van der Waals surface area contributed by atoms with Crippen LogP contribution in [0, 0.1) is 11.8 Å².